The largest absolute Gasteiger partial charge is 0.433 e. The van der Waals surface area contributed by atoms with Gasteiger partial charge in [0.2, 0.25) is 5.91 Å². The van der Waals surface area contributed by atoms with Crippen LogP contribution in [0, 0.1) is 13.8 Å². The summed E-state index contributed by atoms with van der Waals surface area (Å²) < 4.78 is 40.6. The first-order valence-corrected chi connectivity index (χ1v) is 9.83. The fraction of sp³-hybridized carbons (Fsp3) is 0.182. The van der Waals surface area contributed by atoms with Crippen LogP contribution >= 0.6 is 0 Å². The second-order valence-corrected chi connectivity index (χ2v) is 7.18. The van der Waals surface area contributed by atoms with Crippen molar-refractivity contribution in [3.05, 3.63) is 72.2 Å². The Balaban J connectivity index is 1.49. The smallest absolute Gasteiger partial charge is 0.309 e. The van der Waals surface area contributed by atoms with Crippen molar-refractivity contribution in [2.45, 2.75) is 26.6 Å². The number of halogens is 3. The van der Waals surface area contributed by atoms with Gasteiger partial charge in [-0.05, 0) is 49.7 Å². The van der Waals surface area contributed by atoms with Crippen LogP contribution in [0.4, 0.5) is 19.0 Å². The van der Waals surface area contributed by atoms with Gasteiger partial charge in [-0.3, -0.25) is 14.5 Å². The van der Waals surface area contributed by atoms with Gasteiger partial charge < -0.3 is 5.32 Å². The molecule has 11 heteroatoms. The van der Waals surface area contributed by atoms with Gasteiger partial charge in [-0.2, -0.15) is 18.3 Å². The lowest BCUT2D eigenvalue weighted by Gasteiger charge is -2.09. The molecule has 4 aromatic heterocycles. The van der Waals surface area contributed by atoms with E-state index in [1.54, 1.807) is 50.6 Å². The zero-order valence-corrected chi connectivity index (χ0v) is 17.6. The molecule has 0 radical (unpaired) electrons. The van der Waals surface area contributed by atoms with Crippen LogP contribution in [0.15, 0.2) is 55.1 Å². The summed E-state index contributed by atoms with van der Waals surface area (Å²) in [5.74, 6) is 0.474. The molecular weight excluding hydrogens is 435 g/mol. The van der Waals surface area contributed by atoms with E-state index in [1.165, 1.54) is 10.7 Å². The number of nitrogens with one attached hydrogen (secondary N) is 1. The van der Waals surface area contributed by atoms with Crippen molar-refractivity contribution in [3.63, 3.8) is 0 Å². The molecule has 1 N–H and O–H groups in total. The van der Waals surface area contributed by atoms with Gasteiger partial charge in [0.15, 0.2) is 5.82 Å². The molecular formula is C22H18F3N7O. The second kappa shape index (κ2) is 8.77. The lowest BCUT2D eigenvalue weighted by atomic mass is 10.0. The molecule has 0 unspecified atom stereocenters. The lowest BCUT2D eigenvalue weighted by molar-refractivity contribution is -0.141. The molecule has 0 aromatic carbocycles. The number of amides is 1. The van der Waals surface area contributed by atoms with Crippen LogP contribution in [0.3, 0.4) is 0 Å². The van der Waals surface area contributed by atoms with Crippen molar-refractivity contribution in [2.75, 3.05) is 5.32 Å². The highest BCUT2D eigenvalue weighted by Crippen LogP contribution is 2.32. The third-order valence-electron chi connectivity index (χ3n) is 4.87. The maximum Gasteiger partial charge on any atom is 0.433 e. The first kappa shape index (κ1) is 22.1. The standard InChI is InChI=1S/C22H18F3N7O/c1-13-20(15-6-9-26-17(10-15)22(23,24)25)14(2)32(31-13)12-19(33)30-18-5-4-16(11-29-18)21-27-7-3-8-28-21/h3-11H,12H2,1-2H3,(H,29,30,33). The van der Waals surface area contributed by atoms with Crippen molar-refractivity contribution >= 4 is 11.7 Å². The first-order chi connectivity index (χ1) is 15.7. The minimum absolute atomic E-state index is 0.130. The van der Waals surface area contributed by atoms with E-state index in [0.29, 0.717) is 39.7 Å². The number of carbonyl (C=O) groups excluding carboxylic acids is 1. The Morgan fingerprint density at radius 1 is 1.00 bits per heavy atom. The van der Waals surface area contributed by atoms with Gasteiger partial charge in [0.05, 0.1) is 5.69 Å². The third-order valence-corrected chi connectivity index (χ3v) is 4.87. The van der Waals surface area contributed by atoms with E-state index in [4.69, 9.17) is 0 Å². The maximum atomic E-state index is 13.0. The van der Waals surface area contributed by atoms with E-state index in [2.05, 4.69) is 30.4 Å². The molecule has 33 heavy (non-hydrogen) atoms. The number of anilines is 1. The Bertz CT molecular complexity index is 1290. The van der Waals surface area contributed by atoms with Gasteiger partial charge in [0.25, 0.3) is 0 Å². The highest BCUT2D eigenvalue weighted by atomic mass is 19.4. The zero-order chi connectivity index (χ0) is 23.6. The fourth-order valence-electron chi connectivity index (χ4n) is 3.38. The molecule has 4 rings (SSSR count). The Labute approximate surface area is 186 Å². The molecule has 0 bridgehead atoms. The predicted octanol–water partition coefficient (Wildman–Crippen LogP) is 4.07. The molecule has 4 aromatic rings. The van der Waals surface area contributed by atoms with E-state index < -0.39 is 11.9 Å². The molecule has 0 atom stereocenters. The molecule has 0 aliphatic carbocycles. The fourth-order valence-corrected chi connectivity index (χ4v) is 3.38. The summed E-state index contributed by atoms with van der Waals surface area (Å²) in [5.41, 5.74) is 1.64. The predicted molar refractivity (Wildman–Crippen MR) is 114 cm³/mol. The van der Waals surface area contributed by atoms with Gasteiger partial charge in [-0.25, -0.2) is 15.0 Å². The van der Waals surface area contributed by atoms with Gasteiger partial charge in [-0.15, -0.1) is 0 Å². The minimum Gasteiger partial charge on any atom is -0.309 e. The average Bonchev–Trinajstić information content (AvgIpc) is 3.07. The number of carbonyl (C=O) groups is 1. The highest BCUT2D eigenvalue weighted by molar-refractivity contribution is 5.89. The molecule has 8 nitrogen and oxygen atoms in total. The number of hydrogen-bond acceptors (Lipinski definition) is 6. The highest BCUT2D eigenvalue weighted by Gasteiger charge is 2.33. The van der Waals surface area contributed by atoms with Crippen LogP contribution in [0.25, 0.3) is 22.5 Å². The van der Waals surface area contributed by atoms with Crippen molar-refractivity contribution < 1.29 is 18.0 Å². The zero-order valence-electron chi connectivity index (χ0n) is 17.6. The van der Waals surface area contributed by atoms with Crippen LogP contribution in [0.5, 0.6) is 0 Å². The number of aromatic nitrogens is 6. The topological polar surface area (TPSA) is 98.5 Å². The number of alkyl halides is 3. The molecule has 4 heterocycles. The SMILES string of the molecule is Cc1nn(CC(=O)Nc2ccc(-c3ncccn3)cn2)c(C)c1-c1ccnc(C(F)(F)F)c1. The number of hydrogen-bond donors (Lipinski definition) is 1. The molecule has 0 spiro atoms. The number of nitrogens with zero attached hydrogens (tertiary/aromatic N) is 6. The van der Waals surface area contributed by atoms with Crippen molar-refractivity contribution in [3.8, 4) is 22.5 Å². The van der Waals surface area contributed by atoms with Crippen molar-refractivity contribution in [2.24, 2.45) is 0 Å². The van der Waals surface area contributed by atoms with Gasteiger partial charge in [-0.1, -0.05) is 0 Å². The summed E-state index contributed by atoms with van der Waals surface area (Å²) in [6, 6.07) is 7.54. The minimum atomic E-state index is -4.55. The van der Waals surface area contributed by atoms with Crippen LogP contribution in [0.2, 0.25) is 0 Å². The third kappa shape index (κ3) is 4.86. The summed E-state index contributed by atoms with van der Waals surface area (Å²) in [5, 5.41) is 7.01. The van der Waals surface area contributed by atoms with Gasteiger partial charge in [0, 0.05) is 41.6 Å². The summed E-state index contributed by atoms with van der Waals surface area (Å²) in [4.78, 5) is 28.4. The quantitative estimate of drug-likeness (QED) is 0.489. The van der Waals surface area contributed by atoms with Crippen LogP contribution in [0.1, 0.15) is 17.1 Å². The summed E-state index contributed by atoms with van der Waals surface area (Å²) in [6.45, 7) is 3.24. The van der Waals surface area contributed by atoms with Crippen LogP contribution < -0.4 is 5.32 Å². The van der Waals surface area contributed by atoms with E-state index in [9.17, 15) is 18.0 Å². The summed E-state index contributed by atoms with van der Waals surface area (Å²) >= 11 is 0. The molecule has 0 aliphatic heterocycles. The molecule has 0 fully saturated rings. The van der Waals surface area contributed by atoms with Gasteiger partial charge in [0.1, 0.15) is 18.1 Å². The Kier molecular flexibility index (Phi) is 5.86. The van der Waals surface area contributed by atoms with E-state index in [-0.39, 0.29) is 12.5 Å². The van der Waals surface area contributed by atoms with Crippen LogP contribution in [-0.4, -0.2) is 35.6 Å². The number of aryl methyl sites for hydroxylation is 1. The summed E-state index contributed by atoms with van der Waals surface area (Å²) in [7, 11) is 0. The Morgan fingerprint density at radius 2 is 1.76 bits per heavy atom. The molecule has 168 valence electrons. The van der Waals surface area contributed by atoms with E-state index in [1.807, 2.05) is 0 Å². The number of rotatable bonds is 5. The van der Waals surface area contributed by atoms with Crippen LogP contribution in [-0.2, 0) is 17.5 Å². The molecule has 0 aliphatic rings. The molecule has 0 saturated heterocycles. The number of pyridine rings is 2. The lowest BCUT2D eigenvalue weighted by Crippen LogP contribution is -2.20. The normalized spacial score (nSPS) is 11.4. The first-order valence-electron chi connectivity index (χ1n) is 9.83. The van der Waals surface area contributed by atoms with Crippen molar-refractivity contribution in [1.29, 1.82) is 0 Å². The Hall–Kier alpha value is -4.15. The van der Waals surface area contributed by atoms with Gasteiger partial charge >= 0.3 is 6.18 Å². The maximum absolute atomic E-state index is 13.0. The molecule has 0 saturated carbocycles. The van der Waals surface area contributed by atoms with E-state index in [0.717, 1.165) is 12.3 Å². The van der Waals surface area contributed by atoms with E-state index >= 15 is 0 Å². The Morgan fingerprint density at radius 3 is 2.42 bits per heavy atom. The average molecular weight is 453 g/mol. The summed E-state index contributed by atoms with van der Waals surface area (Å²) in [6.07, 6.45) is 1.35. The van der Waals surface area contributed by atoms with Crippen molar-refractivity contribution in [1.82, 2.24) is 29.7 Å². The molecule has 1 amide bonds. The second-order valence-electron chi connectivity index (χ2n) is 7.18. The monoisotopic (exact) mass is 453 g/mol.